The molecule has 0 N–H and O–H groups in total. The normalized spacial score (nSPS) is 20.1. The molecule has 2 heterocycles. The summed E-state index contributed by atoms with van der Waals surface area (Å²) >= 11 is 0. The second-order valence-electron chi connectivity index (χ2n) is 5.53. The molecule has 1 aromatic carbocycles. The third kappa shape index (κ3) is 3.26. The number of ether oxygens (including phenoxy) is 1. The zero-order chi connectivity index (χ0) is 14.9. The van der Waals surface area contributed by atoms with Crippen molar-refractivity contribution in [1.29, 1.82) is 0 Å². The van der Waals surface area contributed by atoms with Crippen molar-refractivity contribution in [2.24, 2.45) is 0 Å². The number of nitrogens with zero attached hydrogens (tertiary/aromatic N) is 2. The molecule has 3 rings (SSSR count). The van der Waals surface area contributed by atoms with E-state index >= 15 is 0 Å². The number of hydrogen-bond acceptors (Lipinski definition) is 3. The van der Waals surface area contributed by atoms with Gasteiger partial charge in [-0.1, -0.05) is 0 Å². The number of anilines is 2. The van der Waals surface area contributed by atoms with Gasteiger partial charge < -0.3 is 14.5 Å². The van der Waals surface area contributed by atoms with Crippen molar-refractivity contribution in [1.82, 2.24) is 0 Å². The van der Waals surface area contributed by atoms with Crippen LogP contribution in [0.2, 0.25) is 0 Å². The van der Waals surface area contributed by atoms with E-state index in [-0.39, 0.29) is 0 Å². The van der Waals surface area contributed by atoms with Crippen LogP contribution >= 0.6 is 0 Å². The summed E-state index contributed by atoms with van der Waals surface area (Å²) in [6.07, 6.45) is -2.22. The third-order valence-electron chi connectivity index (χ3n) is 4.08. The van der Waals surface area contributed by atoms with Crippen molar-refractivity contribution in [2.75, 3.05) is 49.2 Å². The number of alkyl halides is 3. The largest absolute Gasteiger partial charge is 0.416 e. The van der Waals surface area contributed by atoms with Crippen LogP contribution in [-0.4, -0.2) is 39.4 Å². The summed E-state index contributed by atoms with van der Waals surface area (Å²) in [5, 5.41) is 0. The highest BCUT2D eigenvalue weighted by Crippen LogP contribution is 2.36. The second kappa shape index (κ2) is 5.75. The fourth-order valence-corrected chi connectivity index (χ4v) is 2.92. The lowest BCUT2D eigenvalue weighted by molar-refractivity contribution is -0.137. The average molecular weight is 300 g/mol. The van der Waals surface area contributed by atoms with Crippen molar-refractivity contribution < 1.29 is 17.9 Å². The highest BCUT2D eigenvalue weighted by Gasteiger charge is 2.32. The van der Waals surface area contributed by atoms with Gasteiger partial charge in [0.15, 0.2) is 0 Å². The minimum atomic E-state index is -4.31. The van der Waals surface area contributed by atoms with Crippen LogP contribution in [0.25, 0.3) is 0 Å². The molecule has 0 atom stereocenters. The summed E-state index contributed by atoms with van der Waals surface area (Å²) in [6.45, 7) is 4.08. The van der Waals surface area contributed by atoms with E-state index in [1.807, 2.05) is 15.9 Å². The van der Waals surface area contributed by atoms with Gasteiger partial charge in [-0.15, -0.1) is 0 Å². The number of halogens is 3. The standard InChI is InChI=1S/C15H19F3N2O/c16-15(17,18)12-9-13(19-3-1-2-4-19)11-14(10-12)20-5-7-21-8-6-20/h9-11H,1-8H2. The molecule has 0 radical (unpaired) electrons. The molecule has 0 aliphatic carbocycles. The van der Waals surface area contributed by atoms with Gasteiger partial charge in [0.2, 0.25) is 0 Å². The van der Waals surface area contributed by atoms with Gasteiger partial charge in [0.25, 0.3) is 0 Å². The van der Waals surface area contributed by atoms with Crippen molar-refractivity contribution >= 4 is 11.4 Å². The van der Waals surface area contributed by atoms with Crippen LogP contribution in [-0.2, 0) is 10.9 Å². The van der Waals surface area contributed by atoms with Gasteiger partial charge >= 0.3 is 6.18 Å². The first-order valence-corrected chi connectivity index (χ1v) is 7.34. The molecule has 0 spiro atoms. The number of rotatable bonds is 2. The number of benzene rings is 1. The topological polar surface area (TPSA) is 15.7 Å². The van der Waals surface area contributed by atoms with Crippen molar-refractivity contribution in [2.45, 2.75) is 19.0 Å². The molecule has 0 amide bonds. The van der Waals surface area contributed by atoms with Gasteiger partial charge in [-0.25, -0.2) is 0 Å². The van der Waals surface area contributed by atoms with Crippen LogP contribution < -0.4 is 9.80 Å². The van der Waals surface area contributed by atoms with Crippen molar-refractivity contribution in [3.63, 3.8) is 0 Å². The Labute approximate surface area is 122 Å². The third-order valence-corrected chi connectivity index (χ3v) is 4.08. The quantitative estimate of drug-likeness (QED) is 0.834. The summed E-state index contributed by atoms with van der Waals surface area (Å²) in [6, 6.07) is 4.41. The van der Waals surface area contributed by atoms with Gasteiger partial charge in [-0.2, -0.15) is 13.2 Å². The first kappa shape index (κ1) is 14.5. The lowest BCUT2D eigenvalue weighted by atomic mass is 10.1. The zero-order valence-corrected chi connectivity index (χ0v) is 11.8. The van der Waals surface area contributed by atoms with Crippen LogP contribution in [0.3, 0.4) is 0 Å². The summed E-state index contributed by atoms with van der Waals surface area (Å²) in [5.74, 6) is 0. The Morgan fingerprint density at radius 2 is 1.33 bits per heavy atom. The fourth-order valence-electron chi connectivity index (χ4n) is 2.92. The van der Waals surface area contributed by atoms with E-state index < -0.39 is 11.7 Å². The molecule has 2 aliphatic rings. The molecule has 3 nitrogen and oxygen atoms in total. The maximum Gasteiger partial charge on any atom is 0.416 e. The highest BCUT2D eigenvalue weighted by atomic mass is 19.4. The molecule has 2 fully saturated rings. The van der Waals surface area contributed by atoms with Crippen LogP contribution in [0.1, 0.15) is 18.4 Å². The first-order chi connectivity index (χ1) is 10.0. The molecule has 116 valence electrons. The second-order valence-corrected chi connectivity index (χ2v) is 5.53. The van der Waals surface area contributed by atoms with E-state index in [4.69, 9.17) is 4.74 Å². The molecule has 0 aromatic heterocycles. The molecule has 0 saturated carbocycles. The van der Waals surface area contributed by atoms with Gasteiger partial charge in [-0.3, -0.25) is 0 Å². The Hall–Kier alpha value is -1.43. The molecule has 6 heteroatoms. The van der Waals surface area contributed by atoms with Crippen molar-refractivity contribution in [3.05, 3.63) is 23.8 Å². The van der Waals surface area contributed by atoms with Gasteiger partial charge in [-0.05, 0) is 31.0 Å². The van der Waals surface area contributed by atoms with Gasteiger partial charge in [0.05, 0.1) is 18.8 Å². The molecular formula is C15H19F3N2O. The number of hydrogen-bond donors (Lipinski definition) is 0. The maximum atomic E-state index is 13.1. The molecule has 2 aliphatic heterocycles. The summed E-state index contributed by atoms with van der Waals surface area (Å²) in [5.41, 5.74) is 0.771. The summed E-state index contributed by atoms with van der Waals surface area (Å²) in [4.78, 5) is 4.01. The highest BCUT2D eigenvalue weighted by molar-refractivity contribution is 5.62. The van der Waals surface area contributed by atoms with E-state index in [2.05, 4.69) is 0 Å². The number of morpholine rings is 1. The SMILES string of the molecule is FC(F)(F)c1cc(N2CCCC2)cc(N2CCOCC2)c1. The Bertz CT molecular complexity index is 492. The molecule has 2 saturated heterocycles. The molecular weight excluding hydrogens is 281 g/mol. The molecule has 1 aromatic rings. The lowest BCUT2D eigenvalue weighted by Crippen LogP contribution is -2.36. The summed E-state index contributed by atoms with van der Waals surface area (Å²) in [7, 11) is 0. The zero-order valence-electron chi connectivity index (χ0n) is 11.8. The van der Waals surface area contributed by atoms with Crippen LogP contribution in [0.15, 0.2) is 18.2 Å². The minimum absolute atomic E-state index is 0.562. The van der Waals surface area contributed by atoms with Crippen LogP contribution in [0.4, 0.5) is 24.5 Å². The fraction of sp³-hybridized carbons (Fsp3) is 0.600. The lowest BCUT2D eigenvalue weighted by Gasteiger charge is -2.31. The predicted molar refractivity (Wildman–Crippen MR) is 75.9 cm³/mol. The first-order valence-electron chi connectivity index (χ1n) is 7.34. The maximum absolute atomic E-state index is 13.1. The predicted octanol–water partition coefficient (Wildman–Crippen LogP) is 3.14. The monoisotopic (exact) mass is 300 g/mol. The minimum Gasteiger partial charge on any atom is -0.378 e. The smallest absolute Gasteiger partial charge is 0.378 e. The van der Waals surface area contributed by atoms with E-state index in [0.29, 0.717) is 37.7 Å². The Balaban J connectivity index is 1.95. The Kier molecular flexibility index (Phi) is 3.97. The average Bonchev–Trinajstić information content (AvgIpc) is 3.01. The van der Waals surface area contributed by atoms with Gasteiger partial charge in [0, 0.05) is 37.6 Å². The molecule has 21 heavy (non-hydrogen) atoms. The molecule has 0 unspecified atom stereocenters. The Morgan fingerprint density at radius 1 is 0.810 bits per heavy atom. The van der Waals surface area contributed by atoms with E-state index in [0.717, 1.165) is 25.9 Å². The Morgan fingerprint density at radius 3 is 1.86 bits per heavy atom. The van der Waals surface area contributed by atoms with Gasteiger partial charge in [0.1, 0.15) is 0 Å². The molecule has 0 bridgehead atoms. The van der Waals surface area contributed by atoms with E-state index in [1.165, 1.54) is 12.1 Å². The van der Waals surface area contributed by atoms with Crippen molar-refractivity contribution in [3.8, 4) is 0 Å². The van der Waals surface area contributed by atoms with Crippen LogP contribution in [0.5, 0.6) is 0 Å². The van der Waals surface area contributed by atoms with E-state index in [9.17, 15) is 13.2 Å². The summed E-state index contributed by atoms with van der Waals surface area (Å²) < 4.78 is 44.7. The van der Waals surface area contributed by atoms with Crippen LogP contribution in [0, 0.1) is 0 Å². The van der Waals surface area contributed by atoms with E-state index in [1.54, 1.807) is 0 Å².